The van der Waals surface area contributed by atoms with Gasteiger partial charge in [-0.1, -0.05) is 12.1 Å². The highest BCUT2D eigenvalue weighted by Gasteiger charge is 2.33. The highest BCUT2D eigenvalue weighted by Crippen LogP contribution is 2.19. The van der Waals surface area contributed by atoms with Crippen LogP contribution in [-0.4, -0.2) is 54.7 Å². The molecule has 2 heterocycles. The molecule has 1 aromatic carbocycles. The van der Waals surface area contributed by atoms with Gasteiger partial charge < -0.3 is 10.2 Å². The Morgan fingerprint density at radius 3 is 2.59 bits per heavy atom. The number of hydrogen-bond acceptors (Lipinski definition) is 5. The van der Waals surface area contributed by atoms with Gasteiger partial charge >= 0.3 is 0 Å². The zero-order chi connectivity index (χ0) is 19.6. The molecule has 1 unspecified atom stereocenters. The first-order valence-electron chi connectivity index (χ1n) is 8.25. The lowest BCUT2D eigenvalue weighted by molar-refractivity contribution is 0.0747. The average Bonchev–Trinajstić information content (AvgIpc) is 3.02. The van der Waals surface area contributed by atoms with E-state index in [9.17, 15) is 22.4 Å². The Bertz CT molecular complexity index is 994. The maximum atomic E-state index is 13.7. The van der Waals surface area contributed by atoms with Gasteiger partial charge in [-0.15, -0.1) is 0 Å². The van der Waals surface area contributed by atoms with Crippen molar-refractivity contribution < 1.29 is 22.4 Å². The summed E-state index contributed by atoms with van der Waals surface area (Å²) in [5.74, 6) is -1.62. The summed E-state index contributed by atoms with van der Waals surface area (Å²) in [6.07, 6.45) is 2.96. The number of anilines is 1. The van der Waals surface area contributed by atoms with E-state index in [1.54, 1.807) is 6.07 Å². The number of aromatic nitrogens is 1. The van der Waals surface area contributed by atoms with Gasteiger partial charge in [0.05, 0.1) is 28.3 Å². The molecule has 1 aliphatic heterocycles. The van der Waals surface area contributed by atoms with E-state index in [-0.39, 0.29) is 28.3 Å². The predicted octanol–water partition coefficient (Wildman–Crippen LogP) is 1.73. The van der Waals surface area contributed by atoms with Crippen molar-refractivity contribution in [2.75, 3.05) is 23.9 Å². The molecule has 0 saturated carbocycles. The summed E-state index contributed by atoms with van der Waals surface area (Å²) in [5, 5.41) is 2.43. The van der Waals surface area contributed by atoms with Gasteiger partial charge in [0.2, 0.25) is 0 Å². The van der Waals surface area contributed by atoms with Crippen LogP contribution in [0.15, 0.2) is 42.7 Å². The number of hydrogen-bond donors (Lipinski definition) is 1. The van der Waals surface area contributed by atoms with Crippen molar-refractivity contribution in [3.63, 3.8) is 0 Å². The number of nitrogens with zero attached hydrogens (tertiary/aromatic N) is 2. The fourth-order valence-electron chi connectivity index (χ4n) is 2.89. The topological polar surface area (TPSA) is 96.4 Å². The lowest BCUT2D eigenvalue weighted by atomic mass is 10.1. The third-order valence-electron chi connectivity index (χ3n) is 4.45. The lowest BCUT2D eigenvalue weighted by Gasteiger charge is -2.23. The van der Waals surface area contributed by atoms with Crippen LogP contribution in [0.1, 0.15) is 27.1 Å². The Morgan fingerprint density at radius 2 is 1.93 bits per heavy atom. The van der Waals surface area contributed by atoms with Crippen molar-refractivity contribution in [1.29, 1.82) is 0 Å². The number of rotatable bonds is 4. The van der Waals surface area contributed by atoms with Crippen molar-refractivity contribution in [2.24, 2.45) is 0 Å². The zero-order valence-electron chi connectivity index (χ0n) is 14.6. The largest absolute Gasteiger partial charge is 0.338 e. The molecule has 0 bridgehead atoms. The van der Waals surface area contributed by atoms with E-state index < -0.39 is 33.5 Å². The van der Waals surface area contributed by atoms with Crippen LogP contribution in [0.5, 0.6) is 0 Å². The lowest BCUT2D eigenvalue weighted by Crippen LogP contribution is -2.38. The number of amides is 2. The van der Waals surface area contributed by atoms with E-state index in [1.165, 1.54) is 48.6 Å². The molecule has 7 nitrogen and oxygen atoms in total. The Balaban J connectivity index is 1.76. The summed E-state index contributed by atoms with van der Waals surface area (Å²) in [6, 6.07) is 6.68. The Hall–Kier alpha value is -2.81. The molecule has 1 fully saturated rings. The molecule has 2 amide bonds. The Labute approximate surface area is 156 Å². The summed E-state index contributed by atoms with van der Waals surface area (Å²) >= 11 is 0. The van der Waals surface area contributed by atoms with Crippen LogP contribution in [0.3, 0.4) is 0 Å². The SMILES string of the molecule is CN(C(=O)c1cncc(C(=O)Nc2ccccc2F)c1)C1CCS(=O)(=O)C1. The molecule has 142 valence electrons. The van der Waals surface area contributed by atoms with Crippen molar-refractivity contribution in [2.45, 2.75) is 12.5 Å². The summed E-state index contributed by atoms with van der Waals surface area (Å²) < 4.78 is 36.9. The first-order chi connectivity index (χ1) is 12.8. The first kappa shape index (κ1) is 19.0. The van der Waals surface area contributed by atoms with E-state index in [2.05, 4.69) is 10.3 Å². The molecule has 2 aromatic rings. The van der Waals surface area contributed by atoms with Gasteiger partial charge in [0, 0.05) is 25.5 Å². The van der Waals surface area contributed by atoms with Gasteiger partial charge in [-0.05, 0) is 24.6 Å². The van der Waals surface area contributed by atoms with Gasteiger partial charge in [-0.3, -0.25) is 14.6 Å². The number of pyridine rings is 1. The molecule has 0 radical (unpaired) electrons. The summed E-state index contributed by atoms with van der Waals surface area (Å²) in [6.45, 7) is 0. The van der Waals surface area contributed by atoms with Crippen LogP contribution >= 0.6 is 0 Å². The number of halogens is 1. The fraction of sp³-hybridized carbons (Fsp3) is 0.278. The zero-order valence-corrected chi connectivity index (χ0v) is 15.4. The van der Waals surface area contributed by atoms with Crippen molar-refractivity contribution in [1.82, 2.24) is 9.88 Å². The molecule has 1 saturated heterocycles. The summed E-state index contributed by atoms with van der Waals surface area (Å²) in [7, 11) is -1.60. The molecule has 1 aliphatic rings. The third kappa shape index (κ3) is 4.30. The smallest absolute Gasteiger partial charge is 0.257 e. The Morgan fingerprint density at radius 1 is 1.22 bits per heavy atom. The minimum atomic E-state index is -3.13. The normalized spacial score (nSPS) is 18.1. The maximum absolute atomic E-state index is 13.7. The second-order valence-corrected chi connectivity index (χ2v) is 8.60. The third-order valence-corrected chi connectivity index (χ3v) is 6.20. The average molecular weight is 391 g/mol. The van der Waals surface area contributed by atoms with E-state index >= 15 is 0 Å². The number of para-hydroxylation sites is 1. The first-order valence-corrected chi connectivity index (χ1v) is 10.1. The van der Waals surface area contributed by atoms with Crippen LogP contribution in [-0.2, 0) is 9.84 Å². The molecule has 0 spiro atoms. The van der Waals surface area contributed by atoms with Crippen LogP contribution in [0, 0.1) is 5.82 Å². The molecule has 27 heavy (non-hydrogen) atoms. The number of sulfone groups is 1. The Kier molecular flexibility index (Phi) is 5.22. The van der Waals surface area contributed by atoms with Gasteiger partial charge in [-0.2, -0.15) is 0 Å². The van der Waals surface area contributed by atoms with E-state index in [0.717, 1.165) is 0 Å². The van der Waals surface area contributed by atoms with E-state index in [1.807, 2.05) is 0 Å². The minimum Gasteiger partial charge on any atom is -0.338 e. The molecule has 1 N–H and O–H groups in total. The number of carbonyl (C=O) groups is 2. The van der Waals surface area contributed by atoms with E-state index in [4.69, 9.17) is 0 Å². The second-order valence-electron chi connectivity index (χ2n) is 6.37. The van der Waals surface area contributed by atoms with Gasteiger partial charge in [-0.25, -0.2) is 12.8 Å². The molecule has 1 atom stereocenters. The summed E-state index contributed by atoms with van der Waals surface area (Å²) in [4.78, 5) is 30.2. The van der Waals surface area contributed by atoms with Crippen LogP contribution in [0.25, 0.3) is 0 Å². The molecule has 0 aliphatic carbocycles. The van der Waals surface area contributed by atoms with Crippen molar-refractivity contribution in [3.8, 4) is 0 Å². The number of carbonyl (C=O) groups excluding carboxylic acids is 2. The summed E-state index contributed by atoms with van der Waals surface area (Å²) in [5.41, 5.74) is 0.270. The molecule has 1 aromatic heterocycles. The highest BCUT2D eigenvalue weighted by atomic mass is 32.2. The standard InChI is InChI=1S/C18H18FN3O4S/c1-22(14-6-7-27(25,26)11-14)18(24)13-8-12(9-20-10-13)17(23)21-16-5-3-2-4-15(16)19/h2-5,8-10,14H,6-7,11H2,1H3,(H,21,23). The maximum Gasteiger partial charge on any atom is 0.257 e. The van der Waals surface area contributed by atoms with Gasteiger partial charge in [0.15, 0.2) is 9.84 Å². The molecule has 3 rings (SSSR count). The van der Waals surface area contributed by atoms with Crippen molar-refractivity contribution in [3.05, 3.63) is 59.7 Å². The molecular weight excluding hydrogens is 373 g/mol. The number of benzene rings is 1. The van der Waals surface area contributed by atoms with Gasteiger partial charge in [0.25, 0.3) is 11.8 Å². The minimum absolute atomic E-state index is 0.0208. The number of nitrogens with one attached hydrogen (secondary N) is 1. The molecular formula is C18H18FN3O4S. The quantitative estimate of drug-likeness (QED) is 0.856. The van der Waals surface area contributed by atoms with Crippen LogP contribution in [0.4, 0.5) is 10.1 Å². The van der Waals surface area contributed by atoms with Crippen molar-refractivity contribution >= 4 is 27.3 Å². The monoisotopic (exact) mass is 391 g/mol. The fourth-order valence-corrected chi connectivity index (χ4v) is 4.66. The highest BCUT2D eigenvalue weighted by molar-refractivity contribution is 7.91. The van der Waals surface area contributed by atoms with Gasteiger partial charge in [0.1, 0.15) is 5.82 Å². The van der Waals surface area contributed by atoms with E-state index in [0.29, 0.717) is 6.42 Å². The predicted molar refractivity (Wildman–Crippen MR) is 97.7 cm³/mol. The van der Waals surface area contributed by atoms with Crippen LogP contribution < -0.4 is 5.32 Å². The second kappa shape index (κ2) is 7.43. The van der Waals surface area contributed by atoms with Crippen LogP contribution in [0.2, 0.25) is 0 Å². The molecule has 9 heteroatoms.